The van der Waals surface area contributed by atoms with Crippen molar-refractivity contribution in [3.63, 3.8) is 0 Å². The molecule has 1 fully saturated rings. The Hall–Kier alpha value is -1.51. The lowest BCUT2D eigenvalue weighted by atomic mass is 10.2. The van der Waals surface area contributed by atoms with Crippen molar-refractivity contribution in [2.45, 2.75) is 39.2 Å². The Balaban J connectivity index is 0.00000338. The van der Waals surface area contributed by atoms with E-state index in [9.17, 15) is 4.79 Å². The Morgan fingerprint density at radius 2 is 1.96 bits per heavy atom. The molecule has 1 aromatic carbocycles. The number of hydrogen-bond donors (Lipinski definition) is 3. The zero-order valence-corrected chi connectivity index (χ0v) is 18.4. The molecule has 2 rings (SSSR count). The second kappa shape index (κ2) is 12.0. The molecular formula is C19H32IN5O. The average Bonchev–Trinajstić information content (AvgIpc) is 3.08. The highest BCUT2D eigenvalue weighted by atomic mass is 127. The number of anilines is 1. The van der Waals surface area contributed by atoms with Gasteiger partial charge in [0.05, 0.1) is 0 Å². The highest BCUT2D eigenvalue weighted by Crippen LogP contribution is 2.20. The van der Waals surface area contributed by atoms with Gasteiger partial charge in [-0.1, -0.05) is 24.6 Å². The van der Waals surface area contributed by atoms with Gasteiger partial charge in [-0.3, -0.25) is 9.79 Å². The van der Waals surface area contributed by atoms with Gasteiger partial charge in [-0.15, -0.1) is 24.0 Å². The number of aliphatic imine (C=N–C) groups is 1. The number of halogens is 1. The van der Waals surface area contributed by atoms with Gasteiger partial charge in [-0.2, -0.15) is 0 Å². The third-order valence-corrected chi connectivity index (χ3v) is 4.37. The van der Waals surface area contributed by atoms with Crippen LogP contribution in [-0.2, 0) is 4.79 Å². The monoisotopic (exact) mass is 473 g/mol. The predicted molar refractivity (Wildman–Crippen MR) is 120 cm³/mol. The predicted octanol–water partition coefficient (Wildman–Crippen LogP) is 2.27. The van der Waals surface area contributed by atoms with Crippen LogP contribution in [0, 0.1) is 6.92 Å². The van der Waals surface area contributed by atoms with Crippen molar-refractivity contribution in [3.8, 4) is 0 Å². The molecule has 1 aromatic rings. The molecule has 26 heavy (non-hydrogen) atoms. The van der Waals surface area contributed by atoms with E-state index in [1.807, 2.05) is 6.92 Å². The molecule has 0 aliphatic carbocycles. The van der Waals surface area contributed by atoms with Gasteiger partial charge in [-0.25, -0.2) is 0 Å². The third kappa shape index (κ3) is 7.39. The maximum absolute atomic E-state index is 11.6. The summed E-state index contributed by atoms with van der Waals surface area (Å²) in [6.07, 6.45) is 2.49. The second-order valence-electron chi connectivity index (χ2n) is 6.51. The molecule has 146 valence electrons. The zero-order chi connectivity index (χ0) is 18.1. The first-order valence-electron chi connectivity index (χ1n) is 9.18. The Bertz CT molecular complexity index is 576. The third-order valence-electron chi connectivity index (χ3n) is 4.37. The summed E-state index contributed by atoms with van der Waals surface area (Å²) in [5, 5.41) is 9.56. The fraction of sp³-hybridized carbons (Fsp3) is 0.579. The number of amides is 1. The Labute approximate surface area is 174 Å². The topological polar surface area (TPSA) is 68.8 Å². The smallest absolute Gasteiger partial charge is 0.221 e. The maximum atomic E-state index is 11.6. The number of guanidine groups is 1. The number of aryl methyl sites for hydroxylation is 1. The van der Waals surface area contributed by atoms with E-state index in [0.717, 1.165) is 38.4 Å². The summed E-state index contributed by atoms with van der Waals surface area (Å²) in [4.78, 5) is 18.3. The molecule has 1 aliphatic heterocycles. The van der Waals surface area contributed by atoms with Crippen LogP contribution in [0.1, 0.15) is 31.7 Å². The van der Waals surface area contributed by atoms with E-state index in [1.165, 1.54) is 11.3 Å². The Kier molecular flexibility index (Phi) is 10.4. The number of hydrogen-bond acceptors (Lipinski definition) is 3. The zero-order valence-electron chi connectivity index (χ0n) is 16.0. The molecule has 0 spiro atoms. The van der Waals surface area contributed by atoms with Gasteiger partial charge in [0.15, 0.2) is 5.96 Å². The first-order chi connectivity index (χ1) is 12.1. The van der Waals surface area contributed by atoms with Crippen molar-refractivity contribution < 1.29 is 4.79 Å². The van der Waals surface area contributed by atoms with Crippen LogP contribution in [0.25, 0.3) is 0 Å². The van der Waals surface area contributed by atoms with E-state index in [2.05, 4.69) is 57.0 Å². The van der Waals surface area contributed by atoms with E-state index in [-0.39, 0.29) is 29.9 Å². The molecule has 1 heterocycles. The van der Waals surface area contributed by atoms with Crippen LogP contribution in [-0.4, -0.2) is 51.1 Å². The minimum Gasteiger partial charge on any atom is -0.369 e. The number of carbonyl (C=O) groups excluding carboxylic acids is 1. The Morgan fingerprint density at radius 3 is 2.62 bits per heavy atom. The summed E-state index contributed by atoms with van der Waals surface area (Å²) in [5.41, 5.74) is 2.55. The number of nitrogens with one attached hydrogen (secondary N) is 3. The standard InChI is InChI=1S/C19H31N5O.HI/c1-4-11-21-18(25)9-12-22-19(20-3)23-16-10-13-24(14-16)17-7-5-15(2)6-8-17;/h5-8,16H,4,9-14H2,1-3H3,(H,21,25)(H2,20,22,23);1H. The molecule has 1 atom stereocenters. The number of nitrogens with zero attached hydrogens (tertiary/aromatic N) is 2. The molecule has 0 aromatic heterocycles. The van der Waals surface area contributed by atoms with Crippen LogP contribution in [0.4, 0.5) is 5.69 Å². The van der Waals surface area contributed by atoms with E-state index in [1.54, 1.807) is 7.05 Å². The lowest BCUT2D eigenvalue weighted by Gasteiger charge is -2.20. The van der Waals surface area contributed by atoms with Crippen molar-refractivity contribution in [1.82, 2.24) is 16.0 Å². The second-order valence-corrected chi connectivity index (χ2v) is 6.51. The number of benzene rings is 1. The fourth-order valence-corrected chi connectivity index (χ4v) is 2.90. The lowest BCUT2D eigenvalue weighted by molar-refractivity contribution is -0.120. The van der Waals surface area contributed by atoms with Gasteiger partial charge in [0, 0.05) is 51.4 Å². The number of carbonyl (C=O) groups is 1. The fourth-order valence-electron chi connectivity index (χ4n) is 2.90. The van der Waals surface area contributed by atoms with Crippen molar-refractivity contribution in [2.24, 2.45) is 4.99 Å². The van der Waals surface area contributed by atoms with Crippen LogP contribution in [0.5, 0.6) is 0 Å². The molecule has 1 aliphatic rings. The highest BCUT2D eigenvalue weighted by molar-refractivity contribution is 14.0. The van der Waals surface area contributed by atoms with E-state index in [0.29, 0.717) is 19.0 Å². The van der Waals surface area contributed by atoms with Crippen molar-refractivity contribution in [1.29, 1.82) is 0 Å². The number of rotatable bonds is 7. The molecule has 1 amide bonds. The molecule has 0 radical (unpaired) electrons. The van der Waals surface area contributed by atoms with Crippen LogP contribution >= 0.6 is 24.0 Å². The van der Waals surface area contributed by atoms with E-state index >= 15 is 0 Å². The molecule has 1 saturated heterocycles. The summed E-state index contributed by atoms with van der Waals surface area (Å²) >= 11 is 0. The van der Waals surface area contributed by atoms with Gasteiger partial charge in [0.2, 0.25) is 5.91 Å². The molecule has 0 bridgehead atoms. The molecule has 0 saturated carbocycles. The minimum atomic E-state index is 0. The van der Waals surface area contributed by atoms with Gasteiger partial charge in [0.25, 0.3) is 0 Å². The highest BCUT2D eigenvalue weighted by Gasteiger charge is 2.23. The molecule has 3 N–H and O–H groups in total. The van der Waals surface area contributed by atoms with Crippen molar-refractivity contribution >= 4 is 41.5 Å². The largest absolute Gasteiger partial charge is 0.369 e. The first kappa shape index (κ1) is 22.5. The quantitative estimate of drug-likeness (QED) is 0.323. The summed E-state index contributed by atoms with van der Waals surface area (Å²) in [6.45, 7) is 7.48. The maximum Gasteiger partial charge on any atom is 0.221 e. The van der Waals surface area contributed by atoms with Crippen molar-refractivity contribution in [2.75, 3.05) is 38.1 Å². The summed E-state index contributed by atoms with van der Waals surface area (Å²) in [7, 11) is 1.76. The molecule has 1 unspecified atom stereocenters. The first-order valence-corrected chi connectivity index (χ1v) is 9.18. The van der Waals surface area contributed by atoms with Gasteiger partial charge < -0.3 is 20.9 Å². The summed E-state index contributed by atoms with van der Waals surface area (Å²) in [6, 6.07) is 9.03. The van der Waals surface area contributed by atoms with Crippen LogP contribution in [0.15, 0.2) is 29.3 Å². The van der Waals surface area contributed by atoms with Crippen LogP contribution in [0.3, 0.4) is 0 Å². The van der Waals surface area contributed by atoms with Crippen LogP contribution < -0.4 is 20.9 Å². The molecule has 6 nitrogen and oxygen atoms in total. The lowest BCUT2D eigenvalue weighted by Crippen LogP contribution is -2.45. The molecule has 7 heteroatoms. The SMILES string of the molecule is CCCNC(=O)CCNC(=NC)NC1CCN(c2ccc(C)cc2)C1.I. The Morgan fingerprint density at radius 1 is 1.23 bits per heavy atom. The van der Waals surface area contributed by atoms with Crippen molar-refractivity contribution in [3.05, 3.63) is 29.8 Å². The minimum absolute atomic E-state index is 0. The normalized spacial score (nSPS) is 16.8. The average molecular weight is 473 g/mol. The summed E-state index contributed by atoms with van der Waals surface area (Å²) in [5.74, 6) is 0.843. The van der Waals surface area contributed by atoms with E-state index in [4.69, 9.17) is 0 Å². The van der Waals surface area contributed by atoms with Crippen LogP contribution in [0.2, 0.25) is 0 Å². The molecular weight excluding hydrogens is 441 g/mol. The van der Waals surface area contributed by atoms with Gasteiger partial charge in [0.1, 0.15) is 0 Å². The van der Waals surface area contributed by atoms with Gasteiger partial charge >= 0.3 is 0 Å². The van der Waals surface area contributed by atoms with Gasteiger partial charge in [-0.05, 0) is 31.9 Å². The summed E-state index contributed by atoms with van der Waals surface area (Å²) < 4.78 is 0. The van der Waals surface area contributed by atoms with E-state index < -0.39 is 0 Å².